The monoisotopic (exact) mass is 452 g/mol. The number of halogens is 1. The van der Waals surface area contributed by atoms with Gasteiger partial charge in [0.15, 0.2) is 5.16 Å². The molecule has 31 heavy (non-hydrogen) atoms. The summed E-state index contributed by atoms with van der Waals surface area (Å²) < 4.78 is 7.94. The van der Waals surface area contributed by atoms with Gasteiger partial charge in [-0.1, -0.05) is 47.1 Å². The van der Waals surface area contributed by atoms with Crippen molar-refractivity contribution in [2.24, 2.45) is 0 Å². The average Bonchev–Trinajstić information content (AvgIpc) is 3.52. The van der Waals surface area contributed by atoms with Crippen molar-refractivity contribution in [2.45, 2.75) is 30.7 Å². The van der Waals surface area contributed by atoms with Gasteiger partial charge in [-0.2, -0.15) is 0 Å². The Balaban J connectivity index is 1.41. The molecule has 1 aliphatic rings. The molecule has 1 saturated heterocycles. The van der Waals surface area contributed by atoms with E-state index in [1.54, 1.807) is 0 Å². The lowest BCUT2D eigenvalue weighted by Crippen LogP contribution is -2.22. The SMILES string of the molecule is Cc1cccc(-c2nnc(CSc3nnc(N4CCCC4)n3-c3cccc(Cl)c3)o2)c1. The lowest BCUT2D eigenvalue weighted by atomic mass is 10.1. The van der Waals surface area contributed by atoms with Crippen LogP contribution >= 0.6 is 23.4 Å². The molecule has 0 amide bonds. The molecule has 0 spiro atoms. The van der Waals surface area contributed by atoms with E-state index in [1.807, 2.05) is 55.5 Å². The molecule has 2 aromatic heterocycles. The third-order valence-corrected chi connectivity index (χ3v) is 6.28. The van der Waals surface area contributed by atoms with Gasteiger partial charge < -0.3 is 9.32 Å². The van der Waals surface area contributed by atoms with Gasteiger partial charge in [-0.3, -0.25) is 4.57 Å². The fourth-order valence-electron chi connectivity index (χ4n) is 3.65. The molecule has 3 heterocycles. The predicted molar refractivity (Wildman–Crippen MR) is 122 cm³/mol. The highest BCUT2D eigenvalue weighted by molar-refractivity contribution is 7.98. The Hall–Kier alpha value is -2.84. The minimum atomic E-state index is 0.498. The van der Waals surface area contributed by atoms with E-state index < -0.39 is 0 Å². The molecular weight excluding hydrogens is 432 g/mol. The first kappa shape index (κ1) is 20.1. The molecule has 9 heteroatoms. The van der Waals surface area contributed by atoms with Gasteiger partial charge in [-0.25, -0.2) is 0 Å². The molecule has 0 N–H and O–H groups in total. The van der Waals surface area contributed by atoms with Crippen LogP contribution in [-0.4, -0.2) is 38.1 Å². The summed E-state index contributed by atoms with van der Waals surface area (Å²) in [6.07, 6.45) is 2.32. The van der Waals surface area contributed by atoms with Crippen molar-refractivity contribution in [1.82, 2.24) is 25.0 Å². The van der Waals surface area contributed by atoms with Gasteiger partial charge in [-0.05, 0) is 50.1 Å². The third-order valence-electron chi connectivity index (χ3n) is 5.13. The van der Waals surface area contributed by atoms with E-state index in [0.29, 0.717) is 22.6 Å². The van der Waals surface area contributed by atoms with Crippen LogP contribution in [-0.2, 0) is 5.75 Å². The van der Waals surface area contributed by atoms with Gasteiger partial charge in [0.1, 0.15) is 0 Å². The maximum atomic E-state index is 6.26. The van der Waals surface area contributed by atoms with E-state index in [0.717, 1.165) is 53.9 Å². The van der Waals surface area contributed by atoms with Gasteiger partial charge in [0.05, 0.1) is 11.4 Å². The van der Waals surface area contributed by atoms with Crippen molar-refractivity contribution in [3.05, 3.63) is 65.0 Å². The number of anilines is 1. The molecule has 0 radical (unpaired) electrons. The number of benzene rings is 2. The van der Waals surface area contributed by atoms with Crippen LogP contribution in [0.5, 0.6) is 0 Å². The molecule has 4 aromatic rings. The summed E-state index contributed by atoms with van der Waals surface area (Å²) in [5, 5.41) is 18.8. The largest absolute Gasteiger partial charge is 0.420 e. The van der Waals surface area contributed by atoms with E-state index >= 15 is 0 Å². The van der Waals surface area contributed by atoms with Gasteiger partial charge in [0.2, 0.25) is 17.7 Å². The van der Waals surface area contributed by atoms with Crippen LogP contribution < -0.4 is 4.90 Å². The normalized spacial score (nSPS) is 13.8. The number of rotatable bonds is 6. The van der Waals surface area contributed by atoms with Gasteiger partial charge >= 0.3 is 0 Å². The van der Waals surface area contributed by atoms with Crippen molar-refractivity contribution in [2.75, 3.05) is 18.0 Å². The Labute approximate surface area is 189 Å². The maximum Gasteiger partial charge on any atom is 0.247 e. The van der Waals surface area contributed by atoms with Crippen LogP contribution in [0.4, 0.5) is 5.95 Å². The zero-order chi connectivity index (χ0) is 21.2. The molecule has 0 saturated carbocycles. The van der Waals surface area contributed by atoms with Crippen LogP contribution in [0.15, 0.2) is 58.1 Å². The molecule has 158 valence electrons. The van der Waals surface area contributed by atoms with E-state index in [4.69, 9.17) is 16.0 Å². The maximum absolute atomic E-state index is 6.26. The quantitative estimate of drug-likeness (QED) is 0.373. The highest BCUT2D eigenvalue weighted by Gasteiger charge is 2.23. The average molecular weight is 453 g/mol. The molecule has 0 aliphatic carbocycles. The zero-order valence-corrected chi connectivity index (χ0v) is 18.6. The molecule has 1 fully saturated rings. The summed E-state index contributed by atoms with van der Waals surface area (Å²) in [4.78, 5) is 2.26. The second-order valence-corrected chi connectivity index (χ2v) is 8.83. The molecule has 2 aromatic carbocycles. The summed E-state index contributed by atoms with van der Waals surface area (Å²) in [6.45, 7) is 4.00. The second kappa shape index (κ2) is 8.72. The number of thioether (sulfide) groups is 1. The predicted octanol–water partition coefficient (Wildman–Crippen LogP) is 5.17. The summed E-state index contributed by atoms with van der Waals surface area (Å²) in [6, 6.07) is 15.8. The van der Waals surface area contributed by atoms with Crippen LogP contribution in [0.25, 0.3) is 17.1 Å². The number of aryl methyl sites for hydroxylation is 1. The van der Waals surface area contributed by atoms with Crippen molar-refractivity contribution in [3.63, 3.8) is 0 Å². The molecule has 0 bridgehead atoms. The third kappa shape index (κ3) is 4.31. The number of nitrogens with zero attached hydrogens (tertiary/aromatic N) is 6. The highest BCUT2D eigenvalue weighted by Crippen LogP contribution is 2.31. The van der Waals surface area contributed by atoms with Crippen LogP contribution in [0, 0.1) is 6.92 Å². The molecule has 7 nitrogen and oxygen atoms in total. The highest BCUT2D eigenvalue weighted by atomic mass is 35.5. The molecular formula is C22H21ClN6OS. The second-order valence-electron chi connectivity index (χ2n) is 7.45. The number of hydrogen-bond acceptors (Lipinski definition) is 7. The van der Waals surface area contributed by atoms with Crippen LogP contribution in [0.3, 0.4) is 0 Å². The summed E-state index contributed by atoms with van der Waals surface area (Å²) in [5.41, 5.74) is 3.01. The number of hydrogen-bond donors (Lipinski definition) is 0. The van der Waals surface area contributed by atoms with Crippen molar-refractivity contribution >= 4 is 29.3 Å². The first-order valence-electron chi connectivity index (χ1n) is 10.2. The van der Waals surface area contributed by atoms with Gasteiger partial charge in [0.25, 0.3) is 0 Å². The Bertz CT molecular complexity index is 1200. The van der Waals surface area contributed by atoms with Crippen LogP contribution in [0.2, 0.25) is 5.02 Å². The van der Waals surface area contributed by atoms with Crippen molar-refractivity contribution < 1.29 is 4.42 Å². The smallest absolute Gasteiger partial charge is 0.247 e. The molecule has 1 aliphatic heterocycles. The van der Waals surface area contributed by atoms with Gasteiger partial charge in [-0.15, -0.1) is 20.4 Å². The Kier molecular flexibility index (Phi) is 5.65. The van der Waals surface area contributed by atoms with Crippen molar-refractivity contribution in [1.29, 1.82) is 0 Å². The standard InChI is InChI=1S/C22H21ClN6OS/c1-15-6-4-7-16(12-15)20-25-24-19(30-20)14-31-22-27-26-21(28-10-2-3-11-28)29(22)18-9-5-8-17(23)13-18/h4-9,12-13H,2-3,10-11,14H2,1H3. The number of aromatic nitrogens is 5. The molecule has 0 atom stereocenters. The van der Waals surface area contributed by atoms with Crippen molar-refractivity contribution in [3.8, 4) is 17.1 Å². The van der Waals surface area contributed by atoms with Gasteiger partial charge in [0, 0.05) is 23.7 Å². The van der Waals surface area contributed by atoms with Crippen LogP contribution in [0.1, 0.15) is 24.3 Å². The molecule has 5 rings (SSSR count). The minimum absolute atomic E-state index is 0.498. The fraction of sp³-hybridized carbons (Fsp3) is 0.273. The summed E-state index contributed by atoms with van der Waals surface area (Å²) in [7, 11) is 0. The first-order valence-corrected chi connectivity index (χ1v) is 11.5. The lowest BCUT2D eigenvalue weighted by Gasteiger charge is -2.18. The van der Waals surface area contributed by atoms with E-state index in [9.17, 15) is 0 Å². The Morgan fingerprint density at radius 2 is 1.84 bits per heavy atom. The fourth-order valence-corrected chi connectivity index (χ4v) is 4.62. The van der Waals surface area contributed by atoms with E-state index in [1.165, 1.54) is 11.8 Å². The lowest BCUT2D eigenvalue weighted by molar-refractivity contribution is 0.528. The van der Waals surface area contributed by atoms with E-state index in [-0.39, 0.29) is 0 Å². The minimum Gasteiger partial charge on any atom is -0.420 e. The summed E-state index contributed by atoms with van der Waals surface area (Å²) in [5.74, 6) is 2.41. The molecule has 0 unspecified atom stereocenters. The zero-order valence-electron chi connectivity index (χ0n) is 17.0. The first-order chi connectivity index (χ1) is 15.2. The van der Waals surface area contributed by atoms with E-state index in [2.05, 4.69) is 29.9 Å². The summed E-state index contributed by atoms with van der Waals surface area (Å²) >= 11 is 7.78. The Morgan fingerprint density at radius 1 is 1.00 bits per heavy atom. The topological polar surface area (TPSA) is 72.9 Å². The Morgan fingerprint density at radius 3 is 2.65 bits per heavy atom.